The van der Waals surface area contributed by atoms with Crippen molar-refractivity contribution in [1.82, 2.24) is 0 Å². The first-order chi connectivity index (χ1) is 13.9. The van der Waals surface area contributed by atoms with E-state index in [1.54, 1.807) is 29.2 Å². The lowest BCUT2D eigenvalue weighted by atomic mass is 10.1. The predicted molar refractivity (Wildman–Crippen MR) is 112 cm³/mol. The van der Waals surface area contributed by atoms with Gasteiger partial charge in [0.2, 0.25) is 11.8 Å². The number of carbonyl (C=O) groups is 2. The Balaban J connectivity index is 1.50. The van der Waals surface area contributed by atoms with Crippen molar-refractivity contribution < 1.29 is 19.1 Å². The number of nitrogens with zero attached hydrogens (tertiary/aromatic N) is 2. The Hall–Kier alpha value is -2.93. The second-order valence-electron chi connectivity index (χ2n) is 7.28. The fraction of sp³-hybridized carbons (Fsp3) is 0.333. The minimum Gasteiger partial charge on any atom is -0.486 e. The molecule has 0 spiro atoms. The normalized spacial score (nSPS) is 18.0. The van der Waals surface area contributed by atoms with Gasteiger partial charge in [-0.3, -0.25) is 9.59 Å². The maximum atomic E-state index is 12.9. The largest absolute Gasteiger partial charge is 0.486 e. The predicted octanol–water partition coefficient (Wildman–Crippen LogP) is 3.17. The fourth-order valence-corrected chi connectivity index (χ4v) is 3.74. The molecular weight excluding hydrogens is 394 g/mol. The summed E-state index contributed by atoms with van der Waals surface area (Å²) in [5, 5.41) is 3.46. The number of ether oxygens (including phenoxy) is 2. The molecule has 4 rings (SSSR count). The number of rotatable bonds is 4. The first kappa shape index (κ1) is 19.4. The molecule has 1 N–H and O–H groups in total. The summed E-state index contributed by atoms with van der Waals surface area (Å²) >= 11 is 6.09. The Labute approximate surface area is 174 Å². The van der Waals surface area contributed by atoms with Gasteiger partial charge in [0.25, 0.3) is 0 Å². The molecule has 2 amide bonds. The van der Waals surface area contributed by atoms with E-state index in [9.17, 15) is 9.59 Å². The van der Waals surface area contributed by atoms with E-state index in [0.29, 0.717) is 47.7 Å². The molecule has 0 aromatic heterocycles. The highest BCUT2D eigenvalue weighted by Gasteiger charge is 2.36. The van der Waals surface area contributed by atoms with E-state index in [-0.39, 0.29) is 18.2 Å². The fourth-order valence-electron chi connectivity index (χ4n) is 3.57. The maximum absolute atomic E-state index is 12.9. The molecule has 0 saturated carbocycles. The quantitative estimate of drug-likeness (QED) is 0.830. The molecule has 2 aliphatic heterocycles. The summed E-state index contributed by atoms with van der Waals surface area (Å²) in [7, 11) is 3.78. The first-order valence-corrected chi connectivity index (χ1v) is 9.78. The summed E-state index contributed by atoms with van der Waals surface area (Å²) in [6.07, 6.45) is 0.151. The highest BCUT2D eigenvalue weighted by Crippen LogP contribution is 2.36. The molecule has 2 aliphatic rings. The van der Waals surface area contributed by atoms with E-state index in [1.807, 2.05) is 31.1 Å². The van der Waals surface area contributed by atoms with Crippen LogP contribution >= 0.6 is 11.6 Å². The van der Waals surface area contributed by atoms with Gasteiger partial charge < -0.3 is 24.6 Å². The van der Waals surface area contributed by atoms with Crippen molar-refractivity contribution in [1.29, 1.82) is 0 Å². The van der Waals surface area contributed by atoms with E-state index in [4.69, 9.17) is 21.1 Å². The Morgan fingerprint density at radius 1 is 1.14 bits per heavy atom. The molecule has 2 aromatic rings. The number of benzene rings is 2. The van der Waals surface area contributed by atoms with E-state index in [1.165, 1.54) is 0 Å². The van der Waals surface area contributed by atoms with E-state index in [2.05, 4.69) is 5.32 Å². The summed E-state index contributed by atoms with van der Waals surface area (Å²) in [6, 6.07) is 10.7. The number of hydrogen-bond acceptors (Lipinski definition) is 5. The van der Waals surface area contributed by atoms with Gasteiger partial charge in [0.05, 0.1) is 17.3 Å². The maximum Gasteiger partial charge on any atom is 0.229 e. The van der Waals surface area contributed by atoms with Gasteiger partial charge in [-0.05, 0) is 30.3 Å². The minimum atomic E-state index is -0.454. The van der Waals surface area contributed by atoms with Crippen LogP contribution in [0.5, 0.6) is 11.5 Å². The van der Waals surface area contributed by atoms with Crippen LogP contribution in [0.2, 0.25) is 5.02 Å². The highest BCUT2D eigenvalue weighted by atomic mass is 35.5. The average molecular weight is 416 g/mol. The van der Waals surface area contributed by atoms with Gasteiger partial charge in [-0.2, -0.15) is 0 Å². The second-order valence-corrected chi connectivity index (χ2v) is 7.71. The van der Waals surface area contributed by atoms with Crippen LogP contribution in [0.25, 0.3) is 0 Å². The van der Waals surface area contributed by atoms with Crippen LogP contribution in [-0.2, 0) is 9.59 Å². The van der Waals surface area contributed by atoms with Crippen LogP contribution in [0.3, 0.4) is 0 Å². The van der Waals surface area contributed by atoms with Gasteiger partial charge >= 0.3 is 0 Å². The molecule has 7 nitrogen and oxygen atoms in total. The van der Waals surface area contributed by atoms with Gasteiger partial charge in [0, 0.05) is 43.8 Å². The lowest BCUT2D eigenvalue weighted by molar-refractivity contribution is -0.122. The van der Waals surface area contributed by atoms with Crippen LogP contribution in [0, 0.1) is 5.92 Å². The third-order valence-corrected chi connectivity index (χ3v) is 5.27. The third-order valence-electron chi connectivity index (χ3n) is 5.03. The van der Waals surface area contributed by atoms with Gasteiger partial charge in [-0.15, -0.1) is 0 Å². The van der Waals surface area contributed by atoms with Crippen molar-refractivity contribution in [3.8, 4) is 11.5 Å². The van der Waals surface area contributed by atoms with Crippen molar-refractivity contribution in [3.63, 3.8) is 0 Å². The van der Waals surface area contributed by atoms with Crippen LogP contribution in [0.1, 0.15) is 6.42 Å². The molecule has 152 valence electrons. The molecule has 1 unspecified atom stereocenters. The topological polar surface area (TPSA) is 71.1 Å². The van der Waals surface area contributed by atoms with Crippen molar-refractivity contribution >= 4 is 40.5 Å². The molecule has 1 atom stereocenters. The Bertz CT molecular complexity index is 963. The Morgan fingerprint density at radius 2 is 1.90 bits per heavy atom. The second kappa shape index (κ2) is 7.83. The third kappa shape index (κ3) is 3.96. The average Bonchev–Trinajstić information content (AvgIpc) is 3.09. The van der Waals surface area contributed by atoms with Gasteiger partial charge in [0.1, 0.15) is 13.2 Å². The Morgan fingerprint density at radius 3 is 2.66 bits per heavy atom. The molecular formula is C21H22ClN3O4. The number of halogens is 1. The van der Waals surface area contributed by atoms with Crippen molar-refractivity contribution in [2.45, 2.75) is 6.42 Å². The van der Waals surface area contributed by atoms with Crippen molar-refractivity contribution in [2.24, 2.45) is 5.92 Å². The van der Waals surface area contributed by atoms with Gasteiger partial charge in [-0.25, -0.2) is 0 Å². The number of nitrogens with one attached hydrogen (secondary N) is 1. The number of amides is 2. The smallest absolute Gasteiger partial charge is 0.229 e. The zero-order valence-electron chi connectivity index (χ0n) is 16.3. The summed E-state index contributed by atoms with van der Waals surface area (Å²) in [5.41, 5.74) is 2.17. The SMILES string of the molecule is CN(C)c1ccc(Cl)cc1NC(=O)C1CC(=O)N(c2ccc3c(c2)OCCO3)C1. The molecule has 2 heterocycles. The lowest BCUT2D eigenvalue weighted by Gasteiger charge is -2.22. The summed E-state index contributed by atoms with van der Waals surface area (Å²) in [4.78, 5) is 29.0. The van der Waals surface area contributed by atoms with E-state index < -0.39 is 5.92 Å². The molecule has 29 heavy (non-hydrogen) atoms. The summed E-state index contributed by atoms with van der Waals surface area (Å²) in [6.45, 7) is 1.29. The van der Waals surface area contributed by atoms with Crippen molar-refractivity contribution in [2.75, 3.05) is 49.0 Å². The van der Waals surface area contributed by atoms with Gasteiger partial charge in [-0.1, -0.05) is 11.6 Å². The first-order valence-electron chi connectivity index (χ1n) is 9.40. The molecule has 8 heteroatoms. The molecule has 1 saturated heterocycles. The monoisotopic (exact) mass is 415 g/mol. The van der Waals surface area contributed by atoms with Gasteiger partial charge in [0.15, 0.2) is 11.5 Å². The highest BCUT2D eigenvalue weighted by molar-refractivity contribution is 6.31. The van der Waals surface area contributed by atoms with E-state index in [0.717, 1.165) is 5.69 Å². The number of anilines is 3. The molecule has 2 aromatic carbocycles. The van der Waals surface area contributed by atoms with Crippen LogP contribution in [0.15, 0.2) is 36.4 Å². The van der Waals surface area contributed by atoms with Crippen LogP contribution < -0.4 is 24.6 Å². The zero-order valence-corrected chi connectivity index (χ0v) is 17.0. The molecule has 0 radical (unpaired) electrons. The number of carbonyl (C=O) groups excluding carboxylic acids is 2. The molecule has 0 aliphatic carbocycles. The summed E-state index contributed by atoms with van der Waals surface area (Å²) < 4.78 is 11.1. The van der Waals surface area contributed by atoms with E-state index >= 15 is 0 Å². The molecule has 0 bridgehead atoms. The molecule has 1 fully saturated rings. The minimum absolute atomic E-state index is 0.0965. The zero-order chi connectivity index (χ0) is 20.5. The summed E-state index contributed by atoms with van der Waals surface area (Å²) in [5.74, 6) is 0.524. The number of fused-ring (bicyclic) bond motifs is 1. The lowest BCUT2D eigenvalue weighted by Crippen LogP contribution is -2.28. The van der Waals surface area contributed by atoms with Crippen LogP contribution in [0.4, 0.5) is 17.1 Å². The standard InChI is InChI=1S/C21H22ClN3O4/c1-24(2)17-5-3-14(22)10-16(17)23-21(27)13-9-20(26)25(12-13)15-4-6-18-19(11-15)29-8-7-28-18/h3-6,10-11,13H,7-9,12H2,1-2H3,(H,23,27). The Kier molecular flexibility index (Phi) is 5.24. The van der Waals surface area contributed by atoms with Crippen molar-refractivity contribution in [3.05, 3.63) is 41.4 Å². The van der Waals surface area contributed by atoms with Crippen LogP contribution in [-0.4, -0.2) is 45.7 Å². The number of hydrogen-bond donors (Lipinski definition) is 1.